The topological polar surface area (TPSA) is 65.0 Å². The molecule has 5 nitrogen and oxygen atoms in total. The normalized spacial score (nSPS) is 14.7. The van der Waals surface area contributed by atoms with Gasteiger partial charge in [-0.05, 0) is 36.5 Å². The molecular weight excluding hydrogens is 295 g/mol. The Morgan fingerprint density at radius 1 is 1.33 bits per heavy atom. The molecule has 0 saturated carbocycles. The minimum Gasteiger partial charge on any atom is -0.490 e. The molecule has 1 aliphatic heterocycles. The number of nitrogens with zero attached hydrogens (tertiary/aromatic N) is 1. The van der Waals surface area contributed by atoms with Gasteiger partial charge in [0.15, 0.2) is 5.11 Å². The van der Waals surface area contributed by atoms with Gasteiger partial charge in [-0.1, -0.05) is 0 Å². The molecule has 0 saturated heterocycles. The summed E-state index contributed by atoms with van der Waals surface area (Å²) in [7, 11) is 0. The van der Waals surface area contributed by atoms with Crippen molar-refractivity contribution in [2.24, 2.45) is 0 Å². The Balaban J connectivity index is 2.40. The molecule has 1 aromatic rings. The Hall–Kier alpha value is -1.70. The summed E-state index contributed by atoms with van der Waals surface area (Å²) < 4.78 is 19.0. The molecule has 0 fully saturated rings. The van der Waals surface area contributed by atoms with E-state index in [4.69, 9.17) is 22.1 Å². The van der Waals surface area contributed by atoms with Crippen molar-refractivity contribution in [3.05, 3.63) is 35.7 Å². The van der Waals surface area contributed by atoms with Crippen LogP contribution in [0, 0.1) is 5.82 Å². The van der Waals surface area contributed by atoms with Crippen molar-refractivity contribution in [2.45, 2.75) is 0 Å². The van der Waals surface area contributed by atoms with Crippen molar-refractivity contribution in [3.63, 3.8) is 0 Å². The number of halogens is 1. The summed E-state index contributed by atoms with van der Waals surface area (Å²) in [4.78, 5) is 1.69. The van der Waals surface area contributed by atoms with E-state index in [1.165, 1.54) is 18.2 Å². The molecule has 0 radical (unpaired) electrons. The molecule has 7 heteroatoms. The Labute approximate surface area is 127 Å². The fourth-order valence-corrected chi connectivity index (χ4v) is 2.38. The predicted octanol–water partition coefficient (Wildman–Crippen LogP) is 0.720. The Bertz CT molecular complexity index is 551. The number of hydrogen-bond acceptors (Lipinski definition) is 4. The number of ether oxygens (including phenoxy) is 1. The largest absolute Gasteiger partial charge is 0.490 e. The second kappa shape index (κ2) is 7.35. The van der Waals surface area contributed by atoms with Crippen molar-refractivity contribution in [1.29, 1.82) is 0 Å². The van der Waals surface area contributed by atoms with E-state index in [1.807, 2.05) is 6.08 Å². The van der Waals surface area contributed by atoms with Gasteiger partial charge in [-0.3, -0.25) is 0 Å². The first kappa shape index (κ1) is 15.7. The van der Waals surface area contributed by atoms with E-state index in [9.17, 15) is 9.50 Å². The van der Waals surface area contributed by atoms with Crippen LogP contribution in [0.15, 0.2) is 24.3 Å². The zero-order chi connectivity index (χ0) is 15.2. The van der Waals surface area contributed by atoms with Crippen molar-refractivity contribution in [2.75, 3.05) is 32.9 Å². The lowest BCUT2D eigenvalue weighted by Crippen LogP contribution is -2.43. The lowest BCUT2D eigenvalue weighted by atomic mass is 10.1. The van der Waals surface area contributed by atoms with Gasteiger partial charge < -0.3 is 25.2 Å². The van der Waals surface area contributed by atoms with Gasteiger partial charge in [-0.25, -0.2) is 4.39 Å². The average Bonchev–Trinajstić information content (AvgIpc) is 2.48. The molecule has 0 aromatic heterocycles. The number of nitrogens with one attached hydrogen (secondary N) is 1. The first-order valence-electron chi connectivity index (χ1n) is 6.57. The maximum atomic E-state index is 13.6. The number of aliphatic hydroxyl groups is 2. The molecular formula is C14H17FN2O3S. The van der Waals surface area contributed by atoms with Crippen molar-refractivity contribution < 1.29 is 19.3 Å². The van der Waals surface area contributed by atoms with E-state index in [-0.39, 0.29) is 19.8 Å². The Morgan fingerprint density at radius 3 is 2.86 bits per heavy atom. The summed E-state index contributed by atoms with van der Waals surface area (Å²) in [6.45, 7) is 0.728. The predicted molar refractivity (Wildman–Crippen MR) is 81.4 cm³/mol. The van der Waals surface area contributed by atoms with Crippen LogP contribution in [-0.2, 0) is 0 Å². The molecule has 21 heavy (non-hydrogen) atoms. The molecule has 0 spiro atoms. The number of benzene rings is 1. The molecule has 2 rings (SSSR count). The molecule has 3 N–H and O–H groups in total. The fraction of sp³-hybridized carbons (Fsp3) is 0.357. The number of β-amino-alcohol motifs (C(OH)–C–C–N with tert-alkyl or cyclic N) is 1. The highest BCUT2D eigenvalue weighted by Gasteiger charge is 2.22. The fourth-order valence-electron chi connectivity index (χ4n) is 2.11. The Kier molecular flexibility index (Phi) is 5.49. The second-order valence-corrected chi connectivity index (χ2v) is 4.75. The minimum absolute atomic E-state index is 0.0820. The molecule has 114 valence electrons. The lowest BCUT2D eigenvalue weighted by Gasteiger charge is -2.32. The Morgan fingerprint density at radius 2 is 2.14 bits per heavy atom. The van der Waals surface area contributed by atoms with Crippen molar-refractivity contribution in [3.8, 4) is 5.75 Å². The van der Waals surface area contributed by atoms with Gasteiger partial charge in [0.25, 0.3) is 0 Å². The first-order valence-corrected chi connectivity index (χ1v) is 6.98. The van der Waals surface area contributed by atoms with Crippen molar-refractivity contribution >= 4 is 23.0 Å². The summed E-state index contributed by atoms with van der Waals surface area (Å²) in [5.74, 6) is 0.0694. The van der Waals surface area contributed by atoms with E-state index in [1.54, 1.807) is 4.90 Å². The van der Waals surface area contributed by atoms with Crippen LogP contribution in [0.2, 0.25) is 0 Å². The van der Waals surface area contributed by atoms with E-state index in [2.05, 4.69) is 5.32 Å². The van der Waals surface area contributed by atoms with Gasteiger partial charge in [0, 0.05) is 18.7 Å². The summed E-state index contributed by atoms with van der Waals surface area (Å²) in [6, 6.07) is 4.17. The molecule has 1 aliphatic rings. The smallest absolute Gasteiger partial charge is 0.173 e. The van der Waals surface area contributed by atoms with Crippen LogP contribution < -0.4 is 10.1 Å². The summed E-state index contributed by atoms with van der Waals surface area (Å²) in [5, 5.41) is 21.5. The maximum Gasteiger partial charge on any atom is 0.173 e. The van der Waals surface area contributed by atoms with Gasteiger partial charge in [0.1, 0.15) is 18.2 Å². The van der Waals surface area contributed by atoms with E-state index < -0.39 is 5.82 Å². The number of thiocarbonyl (C=S) groups is 1. The highest BCUT2D eigenvalue weighted by molar-refractivity contribution is 7.80. The van der Waals surface area contributed by atoms with Crippen LogP contribution in [0.4, 0.5) is 4.39 Å². The summed E-state index contributed by atoms with van der Waals surface area (Å²) in [5.41, 5.74) is 1.22. The van der Waals surface area contributed by atoms with Crippen LogP contribution >= 0.6 is 12.2 Å². The molecule has 0 aliphatic carbocycles. The van der Waals surface area contributed by atoms with E-state index >= 15 is 0 Å². The average molecular weight is 312 g/mol. The third kappa shape index (κ3) is 3.69. The van der Waals surface area contributed by atoms with Crippen LogP contribution in [-0.4, -0.2) is 53.1 Å². The molecule has 0 unspecified atom stereocenters. The SMILES string of the molecule is OCCOc1ccc(F)cc1C1=CCNC(=S)N1CCO. The first-order chi connectivity index (χ1) is 10.2. The lowest BCUT2D eigenvalue weighted by molar-refractivity contribution is 0.200. The highest BCUT2D eigenvalue weighted by Crippen LogP contribution is 2.30. The number of aliphatic hydroxyl groups excluding tert-OH is 2. The monoisotopic (exact) mass is 312 g/mol. The van der Waals surface area contributed by atoms with Crippen molar-refractivity contribution in [1.82, 2.24) is 10.2 Å². The van der Waals surface area contributed by atoms with Crippen LogP contribution in [0.3, 0.4) is 0 Å². The number of rotatable bonds is 6. The highest BCUT2D eigenvalue weighted by atomic mass is 32.1. The molecule has 1 aromatic carbocycles. The molecule has 0 bridgehead atoms. The third-order valence-electron chi connectivity index (χ3n) is 2.97. The maximum absolute atomic E-state index is 13.6. The zero-order valence-electron chi connectivity index (χ0n) is 11.4. The van der Waals surface area contributed by atoms with Gasteiger partial charge in [-0.15, -0.1) is 0 Å². The second-order valence-electron chi connectivity index (χ2n) is 4.36. The third-order valence-corrected chi connectivity index (χ3v) is 3.34. The molecule has 0 atom stereocenters. The standard InChI is InChI=1S/C14H17FN2O3S/c15-10-1-2-13(20-8-7-19)11(9-10)12-3-4-16-14(21)17(12)5-6-18/h1-3,9,18-19H,4-8H2,(H,16,21). The van der Waals surface area contributed by atoms with Gasteiger partial charge in [0.05, 0.1) is 18.9 Å². The van der Waals surface area contributed by atoms with Crippen LogP contribution in [0.5, 0.6) is 5.75 Å². The summed E-state index contributed by atoms with van der Waals surface area (Å²) >= 11 is 5.22. The van der Waals surface area contributed by atoms with Crippen LogP contribution in [0.25, 0.3) is 5.70 Å². The molecule has 0 amide bonds. The minimum atomic E-state index is -0.393. The van der Waals surface area contributed by atoms with Gasteiger partial charge in [-0.2, -0.15) is 0 Å². The number of hydrogen-bond donors (Lipinski definition) is 3. The zero-order valence-corrected chi connectivity index (χ0v) is 12.2. The summed E-state index contributed by atoms with van der Waals surface area (Å²) in [6.07, 6.45) is 1.85. The van der Waals surface area contributed by atoms with Gasteiger partial charge in [0.2, 0.25) is 0 Å². The van der Waals surface area contributed by atoms with Gasteiger partial charge >= 0.3 is 0 Å². The van der Waals surface area contributed by atoms with E-state index in [0.717, 1.165) is 0 Å². The quantitative estimate of drug-likeness (QED) is 0.673. The van der Waals surface area contributed by atoms with Crippen LogP contribution in [0.1, 0.15) is 5.56 Å². The molecule has 1 heterocycles. The van der Waals surface area contributed by atoms with E-state index in [0.29, 0.717) is 35.2 Å².